The van der Waals surface area contributed by atoms with Crippen molar-refractivity contribution in [2.24, 2.45) is 0 Å². The predicted molar refractivity (Wildman–Crippen MR) is 94.1 cm³/mol. The zero-order valence-corrected chi connectivity index (χ0v) is 14.4. The molecule has 0 amide bonds. The van der Waals surface area contributed by atoms with E-state index >= 15 is 0 Å². The number of nitrogens with zero attached hydrogens (tertiary/aromatic N) is 1. The number of methoxy groups -OCH3 is 1. The molecule has 0 N–H and O–H groups in total. The quantitative estimate of drug-likeness (QED) is 0.835. The van der Waals surface area contributed by atoms with E-state index in [1.807, 2.05) is 18.2 Å². The van der Waals surface area contributed by atoms with Crippen molar-refractivity contribution in [1.29, 1.82) is 0 Å². The van der Waals surface area contributed by atoms with Crippen molar-refractivity contribution in [3.05, 3.63) is 52.0 Å². The van der Waals surface area contributed by atoms with E-state index in [0.29, 0.717) is 13.4 Å². The van der Waals surface area contributed by atoms with E-state index in [1.165, 1.54) is 11.3 Å². The highest BCUT2D eigenvalue weighted by Crippen LogP contribution is 2.39. The summed E-state index contributed by atoms with van der Waals surface area (Å²) in [5.41, 5.74) is 4.63. The van der Waals surface area contributed by atoms with Crippen LogP contribution in [-0.4, -0.2) is 20.4 Å². The minimum Gasteiger partial charge on any atom is -0.495 e. The van der Waals surface area contributed by atoms with Gasteiger partial charge in [0.1, 0.15) is 11.5 Å². The Bertz CT molecular complexity index is 748. The van der Waals surface area contributed by atoms with Crippen molar-refractivity contribution < 1.29 is 14.2 Å². The van der Waals surface area contributed by atoms with Gasteiger partial charge in [0.2, 0.25) is 0 Å². The topological polar surface area (TPSA) is 30.9 Å². The molecule has 0 spiro atoms. The average molecular weight is 346 g/mol. The molecule has 4 nitrogen and oxygen atoms in total. The lowest BCUT2D eigenvalue weighted by Gasteiger charge is -2.33. The Labute approximate surface area is 146 Å². The Hall–Kier alpha value is -1.91. The Morgan fingerprint density at radius 2 is 2.17 bits per heavy atom. The van der Waals surface area contributed by atoms with Gasteiger partial charge in [-0.2, -0.15) is 0 Å². The molecular weight excluding hydrogens is 326 g/mol. The number of aryl methyl sites for hydroxylation is 1. The Morgan fingerprint density at radius 1 is 1.25 bits per heavy atom. The van der Waals surface area contributed by atoms with Gasteiger partial charge in [0, 0.05) is 29.2 Å². The number of benzene rings is 2. The van der Waals surface area contributed by atoms with Crippen LogP contribution in [0.4, 0.5) is 5.69 Å². The normalized spacial score (nSPS) is 16.2. The summed E-state index contributed by atoms with van der Waals surface area (Å²) in [5, 5.41) is 0.718. The lowest BCUT2D eigenvalue weighted by molar-refractivity contribution is -0.0170. The molecule has 2 aromatic rings. The summed E-state index contributed by atoms with van der Waals surface area (Å²) in [5.74, 6) is 1.83. The van der Waals surface area contributed by atoms with Gasteiger partial charge in [-0.05, 0) is 36.6 Å². The molecule has 24 heavy (non-hydrogen) atoms. The first kappa shape index (κ1) is 15.6. The van der Waals surface area contributed by atoms with Gasteiger partial charge in [-0.3, -0.25) is 0 Å². The van der Waals surface area contributed by atoms with Crippen LogP contribution in [0.1, 0.15) is 23.1 Å². The third-order valence-electron chi connectivity index (χ3n) is 4.61. The lowest BCUT2D eigenvalue weighted by Crippen LogP contribution is -2.30. The summed E-state index contributed by atoms with van der Waals surface area (Å²) in [6.07, 6.45) is 2.22. The third kappa shape index (κ3) is 2.80. The Kier molecular flexibility index (Phi) is 4.25. The SMILES string of the molecule is COc1cccc2c1N(Cc1cc(Cl)cc3c1OCOC3)CCC2. The monoisotopic (exact) mass is 345 g/mol. The van der Waals surface area contributed by atoms with Crippen LogP contribution < -0.4 is 14.4 Å². The minimum absolute atomic E-state index is 0.293. The van der Waals surface area contributed by atoms with Crippen molar-refractivity contribution in [2.45, 2.75) is 26.0 Å². The first-order valence-corrected chi connectivity index (χ1v) is 8.56. The van der Waals surface area contributed by atoms with Crippen LogP contribution in [0.25, 0.3) is 0 Å². The number of hydrogen-bond donors (Lipinski definition) is 0. The molecule has 2 heterocycles. The second-order valence-corrected chi connectivity index (χ2v) is 6.59. The van der Waals surface area contributed by atoms with Crippen LogP contribution in [0.2, 0.25) is 5.02 Å². The first-order valence-electron chi connectivity index (χ1n) is 8.19. The molecule has 0 aromatic heterocycles. The van der Waals surface area contributed by atoms with Crippen molar-refractivity contribution in [3.8, 4) is 11.5 Å². The van der Waals surface area contributed by atoms with E-state index in [4.69, 9.17) is 25.8 Å². The van der Waals surface area contributed by atoms with Gasteiger partial charge in [0.25, 0.3) is 0 Å². The summed E-state index contributed by atoms with van der Waals surface area (Å²) in [6.45, 7) is 2.58. The molecule has 2 aliphatic heterocycles. The maximum Gasteiger partial charge on any atom is 0.189 e. The molecule has 0 radical (unpaired) electrons. The van der Waals surface area contributed by atoms with E-state index in [2.05, 4.69) is 17.0 Å². The maximum absolute atomic E-state index is 6.30. The molecule has 4 rings (SSSR count). The number of rotatable bonds is 3. The van der Waals surface area contributed by atoms with Crippen molar-refractivity contribution in [3.63, 3.8) is 0 Å². The molecule has 0 atom stereocenters. The molecule has 0 bridgehead atoms. The molecule has 2 aromatic carbocycles. The van der Waals surface area contributed by atoms with Crippen LogP contribution in [-0.2, 0) is 24.3 Å². The summed E-state index contributed by atoms with van der Waals surface area (Å²) in [4.78, 5) is 2.36. The zero-order chi connectivity index (χ0) is 16.5. The van der Waals surface area contributed by atoms with Crippen molar-refractivity contribution in [1.82, 2.24) is 0 Å². The summed E-state index contributed by atoms with van der Waals surface area (Å²) < 4.78 is 16.7. The Balaban J connectivity index is 1.72. The summed E-state index contributed by atoms with van der Waals surface area (Å²) in [7, 11) is 1.73. The molecular formula is C19H20ClNO3. The van der Waals surface area contributed by atoms with Gasteiger partial charge in [-0.25, -0.2) is 0 Å². The second kappa shape index (κ2) is 6.54. The number of para-hydroxylation sites is 1. The number of ether oxygens (including phenoxy) is 3. The largest absolute Gasteiger partial charge is 0.495 e. The second-order valence-electron chi connectivity index (χ2n) is 6.16. The molecule has 0 saturated carbocycles. The van der Waals surface area contributed by atoms with Gasteiger partial charge < -0.3 is 19.1 Å². The summed E-state index contributed by atoms with van der Waals surface area (Å²) >= 11 is 6.30. The first-order chi connectivity index (χ1) is 11.8. The van der Waals surface area contributed by atoms with Gasteiger partial charge in [-0.15, -0.1) is 0 Å². The zero-order valence-electron chi connectivity index (χ0n) is 13.7. The smallest absolute Gasteiger partial charge is 0.189 e. The van der Waals surface area contributed by atoms with E-state index in [1.54, 1.807) is 7.11 Å². The van der Waals surface area contributed by atoms with E-state index in [0.717, 1.165) is 53.6 Å². The minimum atomic E-state index is 0.293. The number of hydrogen-bond acceptors (Lipinski definition) is 4. The molecule has 2 aliphatic rings. The molecule has 0 fully saturated rings. The lowest BCUT2D eigenvalue weighted by atomic mass is 9.99. The summed E-state index contributed by atoms with van der Waals surface area (Å²) in [6, 6.07) is 10.2. The van der Waals surface area contributed by atoms with Gasteiger partial charge in [0.05, 0.1) is 19.4 Å². The predicted octanol–water partition coefficient (Wildman–Crippen LogP) is 4.17. The standard InChI is InChI=1S/C19H20ClNO3/c1-22-17-6-2-4-13-5-3-7-21(18(13)17)10-14-8-16(20)9-15-11-23-12-24-19(14)15/h2,4,6,8-9H,3,5,7,10-12H2,1H3. The molecule has 5 heteroatoms. The maximum atomic E-state index is 6.30. The highest BCUT2D eigenvalue weighted by molar-refractivity contribution is 6.30. The van der Waals surface area contributed by atoms with E-state index < -0.39 is 0 Å². The highest BCUT2D eigenvalue weighted by atomic mass is 35.5. The molecule has 0 saturated heterocycles. The van der Waals surface area contributed by atoms with Crippen LogP contribution in [0, 0.1) is 0 Å². The average Bonchev–Trinajstić information content (AvgIpc) is 2.61. The number of halogens is 1. The molecule has 0 unspecified atom stereocenters. The van der Waals surface area contributed by atoms with Crippen LogP contribution in [0.3, 0.4) is 0 Å². The van der Waals surface area contributed by atoms with Gasteiger partial charge >= 0.3 is 0 Å². The third-order valence-corrected chi connectivity index (χ3v) is 4.82. The van der Waals surface area contributed by atoms with Gasteiger partial charge in [-0.1, -0.05) is 23.7 Å². The van der Waals surface area contributed by atoms with Crippen molar-refractivity contribution in [2.75, 3.05) is 25.3 Å². The number of fused-ring (bicyclic) bond motifs is 2. The van der Waals surface area contributed by atoms with E-state index in [9.17, 15) is 0 Å². The fraction of sp³-hybridized carbons (Fsp3) is 0.368. The number of anilines is 1. The van der Waals surface area contributed by atoms with Gasteiger partial charge in [0.15, 0.2) is 6.79 Å². The van der Waals surface area contributed by atoms with Crippen LogP contribution >= 0.6 is 11.6 Å². The Morgan fingerprint density at radius 3 is 3.04 bits per heavy atom. The van der Waals surface area contributed by atoms with E-state index in [-0.39, 0.29) is 0 Å². The van der Waals surface area contributed by atoms with Crippen LogP contribution in [0.15, 0.2) is 30.3 Å². The molecule has 0 aliphatic carbocycles. The molecule has 126 valence electrons. The fourth-order valence-electron chi connectivity index (χ4n) is 3.60. The van der Waals surface area contributed by atoms with Crippen molar-refractivity contribution >= 4 is 17.3 Å². The fourth-order valence-corrected chi connectivity index (χ4v) is 3.87. The highest BCUT2D eigenvalue weighted by Gasteiger charge is 2.24. The van der Waals surface area contributed by atoms with Crippen LogP contribution in [0.5, 0.6) is 11.5 Å².